The number of rotatable bonds is 5. The van der Waals surface area contributed by atoms with E-state index in [4.69, 9.17) is 5.11 Å². The molecule has 3 rings (SSSR count). The quantitative estimate of drug-likeness (QED) is 0.794. The Morgan fingerprint density at radius 1 is 0.962 bits per heavy atom. The first-order valence-corrected chi connectivity index (χ1v) is 10.2. The molecular weight excluding hydrogens is 356 g/mol. The molecule has 8 heteroatoms. The van der Waals surface area contributed by atoms with Crippen molar-refractivity contribution < 1.29 is 23.1 Å². The van der Waals surface area contributed by atoms with Crippen LogP contribution in [0.3, 0.4) is 0 Å². The van der Waals surface area contributed by atoms with E-state index in [1.165, 1.54) is 6.07 Å². The number of sulfonamides is 1. The number of hydrogen-bond donors (Lipinski definition) is 2. The lowest BCUT2D eigenvalue weighted by Gasteiger charge is -2.30. The van der Waals surface area contributed by atoms with Gasteiger partial charge < -0.3 is 10.0 Å². The molecule has 26 heavy (non-hydrogen) atoms. The molecule has 0 bridgehead atoms. The zero-order valence-electron chi connectivity index (χ0n) is 14.4. The van der Waals surface area contributed by atoms with Crippen molar-refractivity contribution in [3.8, 4) is 0 Å². The second-order valence-corrected chi connectivity index (χ2v) is 8.11. The third-order valence-electron chi connectivity index (χ3n) is 4.65. The van der Waals surface area contributed by atoms with Gasteiger partial charge in [0.15, 0.2) is 4.91 Å². The van der Waals surface area contributed by atoms with E-state index in [1.54, 1.807) is 23.1 Å². The fraction of sp³-hybridized carbons (Fsp3) is 0.444. The fourth-order valence-electron chi connectivity index (χ4n) is 3.42. The van der Waals surface area contributed by atoms with Gasteiger partial charge in [0, 0.05) is 30.8 Å². The van der Waals surface area contributed by atoms with E-state index < -0.39 is 33.1 Å². The molecule has 2 aliphatic rings. The summed E-state index contributed by atoms with van der Waals surface area (Å²) in [5.74, 6) is -1.11. The number of nitrogens with zero attached hydrogens (tertiary/aromatic N) is 1. The summed E-state index contributed by atoms with van der Waals surface area (Å²) in [6.45, 7) is 0.456. The highest BCUT2D eigenvalue weighted by Gasteiger charge is 2.41. The lowest BCUT2D eigenvalue weighted by Crippen LogP contribution is -2.40. The maximum Gasteiger partial charge on any atom is 0.246 e. The maximum atomic E-state index is 13.1. The van der Waals surface area contributed by atoms with Gasteiger partial charge in [-0.1, -0.05) is 37.1 Å². The van der Waals surface area contributed by atoms with Crippen LogP contribution in [0.5, 0.6) is 0 Å². The first-order chi connectivity index (χ1) is 12.5. The van der Waals surface area contributed by atoms with Crippen molar-refractivity contribution in [1.29, 1.82) is 0 Å². The molecular formula is C18H22N2O5S. The third-order valence-corrected chi connectivity index (χ3v) is 6.15. The number of carbonyl (C=O) groups excluding carboxylic acids is 2. The highest BCUT2D eigenvalue weighted by Crippen LogP contribution is 2.32. The van der Waals surface area contributed by atoms with Gasteiger partial charge in [-0.15, -0.1) is 0 Å². The Kier molecular flexibility index (Phi) is 5.55. The van der Waals surface area contributed by atoms with Crippen molar-refractivity contribution in [1.82, 2.24) is 9.62 Å². The van der Waals surface area contributed by atoms with Crippen LogP contribution in [0.2, 0.25) is 0 Å². The number of Topliss-reactive ketones (excluding diaryl/α,β-unsaturated/α-hetero) is 2. The van der Waals surface area contributed by atoms with E-state index in [0.29, 0.717) is 13.1 Å². The average molecular weight is 378 g/mol. The molecule has 1 saturated heterocycles. The summed E-state index contributed by atoms with van der Waals surface area (Å²) in [6, 6.07) is 6.29. The number of aliphatic hydroxyl groups is 1. The van der Waals surface area contributed by atoms with Gasteiger partial charge >= 0.3 is 0 Å². The van der Waals surface area contributed by atoms with Gasteiger partial charge in [0.25, 0.3) is 0 Å². The van der Waals surface area contributed by atoms with Gasteiger partial charge in [-0.2, -0.15) is 0 Å². The van der Waals surface area contributed by atoms with Crippen molar-refractivity contribution in [2.75, 3.05) is 26.2 Å². The van der Waals surface area contributed by atoms with Gasteiger partial charge in [0.05, 0.1) is 6.61 Å². The minimum atomic E-state index is -4.22. The van der Waals surface area contributed by atoms with Crippen LogP contribution in [-0.2, 0) is 10.0 Å². The summed E-state index contributed by atoms with van der Waals surface area (Å²) in [4.78, 5) is 27.3. The Morgan fingerprint density at radius 2 is 1.54 bits per heavy atom. The van der Waals surface area contributed by atoms with Crippen LogP contribution >= 0.6 is 0 Å². The smallest absolute Gasteiger partial charge is 0.246 e. The molecule has 1 aliphatic carbocycles. The summed E-state index contributed by atoms with van der Waals surface area (Å²) < 4.78 is 27.7. The zero-order valence-corrected chi connectivity index (χ0v) is 15.2. The molecule has 0 saturated carbocycles. The lowest BCUT2D eigenvalue weighted by molar-refractivity contribution is 0.0947. The Bertz CT molecular complexity index is 852. The van der Waals surface area contributed by atoms with E-state index >= 15 is 0 Å². The zero-order chi connectivity index (χ0) is 18.7. The predicted molar refractivity (Wildman–Crippen MR) is 96.2 cm³/mol. The average Bonchev–Trinajstić information content (AvgIpc) is 2.92. The third kappa shape index (κ3) is 3.44. The first kappa shape index (κ1) is 18.8. The second-order valence-electron chi connectivity index (χ2n) is 6.40. The number of aliphatic hydroxyl groups excluding tert-OH is 1. The summed E-state index contributed by atoms with van der Waals surface area (Å²) in [7, 11) is -4.22. The Balaban J connectivity index is 2.17. The SMILES string of the molecule is O=C1C(N2CCCCCC2)=C(S(=O)(=O)NCCO)C(=O)c2ccccc21. The molecule has 2 N–H and O–H groups in total. The molecule has 0 spiro atoms. The molecule has 7 nitrogen and oxygen atoms in total. The van der Waals surface area contributed by atoms with Gasteiger partial charge in [-0.05, 0) is 12.8 Å². The number of ketones is 2. The van der Waals surface area contributed by atoms with E-state index in [1.807, 2.05) is 0 Å². The molecule has 0 atom stereocenters. The van der Waals surface area contributed by atoms with Crippen LogP contribution in [0.4, 0.5) is 0 Å². The Labute approximate surface area is 152 Å². The number of allylic oxidation sites excluding steroid dienone is 2. The second kappa shape index (κ2) is 7.69. The van der Waals surface area contributed by atoms with Crippen molar-refractivity contribution >= 4 is 21.6 Å². The lowest BCUT2D eigenvalue weighted by atomic mass is 9.91. The number of benzene rings is 1. The fourth-order valence-corrected chi connectivity index (χ4v) is 4.76. The summed E-state index contributed by atoms with van der Waals surface area (Å²) in [5.41, 5.74) is 0.291. The van der Waals surface area contributed by atoms with Gasteiger partial charge in [0.2, 0.25) is 21.6 Å². The van der Waals surface area contributed by atoms with Crippen LogP contribution in [0.15, 0.2) is 34.9 Å². The monoisotopic (exact) mass is 378 g/mol. The number of hydrogen-bond acceptors (Lipinski definition) is 6. The van der Waals surface area contributed by atoms with Crippen LogP contribution in [-0.4, -0.2) is 56.2 Å². The van der Waals surface area contributed by atoms with E-state index in [0.717, 1.165) is 25.7 Å². The maximum absolute atomic E-state index is 13.1. The van der Waals surface area contributed by atoms with Crippen molar-refractivity contribution in [3.63, 3.8) is 0 Å². The predicted octanol–water partition coefficient (Wildman–Crippen LogP) is 1.06. The van der Waals surface area contributed by atoms with E-state index in [9.17, 15) is 18.0 Å². The standard InChI is InChI=1S/C18H22N2O5S/c21-12-9-19-26(24,25)18-15(20-10-5-1-2-6-11-20)16(22)13-7-3-4-8-14(13)17(18)23/h3-4,7-8,19,21H,1-2,5-6,9-12H2. The molecule has 0 amide bonds. The molecule has 1 heterocycles. The van der Waals surface area contributed by atoms with Gasteiger partial charge in [0.1, 0.15) is 5.70 Å². The molecule has 1 fully saturated rings. The molecule has 0 aromatic heterocycles. The molecule has 1 aliphatic heterocycles. The minimum absolute atomic E-state index is 0.0407. The van der Waals surface area contributed by atoms with Crippen LogP contribution < -0.4 is 4.72 Å². The molecule has 1 aromatic rings. The number of carbonyl (C=O) groups is 2. The highest BCUT2D eigenvalue weighted by atomic mass is 32.2. The van der Waals surface area contributed by atoms with Gasteiger partial charge in [-0.3, -0.25) is 9.59 Å². The van der Waals surface area contributed by atoms with Crippen molar-refractivity contribution in [2.24, 2.45) is 0 Å². The molecule has 140 valence electrons. The van der Waals surface area contributed by atoms with Gasteiger partial charge in [-0.25, -0.2) is 13.1 Å². The number of likely N-dealkylation sites (tertiary alicyclic amines) is 1. The van der Waals surface area contributed by atoms with E-state index in [2.05, 4.69) is 4.72 Å². The minimum Gasteiger partial charge on any atom is -0.395 e. The molecule has 0 unspecified atom stereocenters. The van der Waals surface area contributed by atoms with Crippen molar-refractivity contribution in [2.45, 2.75) is 25.7 Å². The Hall–Kier alpha value is -2.03. The van der Waals surface area contributed by atoms with Crippen LogP contribution in [0.1, 0.15) is 46.4 Å². The highest BCUT2D eigenvalue weighted by molar-refractivity contribution is 7.94. The topological polar surface area (TPSA) is 104 Å². The van der Waals surface area contributed by atoms with Crippen LogP contribution in [0, 0.1) is 0 Å². The largest absolute Gasteiger partial charge is 0.395 e. The van der Waals surface area contributed by atoms with Crippen LogP contribution in [0.25, 0.3) is 0 Å². The number of nitrogens with one attached hydrogen (secondary N) is 1. The first-order valence-electron chi connectivity index (χ1n) is 8.75. The number of fused-ring (bicyclic) bond motifs is 1. The molecule has 1 aromatic carbocycles. The summed E-state index contributed by atoms with van der Waals surface area (Å²) in [6.07, 6.45) is 3.69. The normalized spacial score (nSPS) is 18.7. The summed E-state index contributed by atoms with van der Waals surface area (Å²) in [5, 5.41) is 8.95. The molecule has 0 radical (unpaired) electrons. The van der Waals surface area contributed by atoms with Crippen molar-refractivity contribution in [3.05, 3.63) is 46.0 Å². The Morgan fingerprint density at radius 3 is 2.12 bits per heavy atom. The van der Waals surface area contributed by atoms with E-state index in [-0.39, 0.29) is 23.4 Å². The summed E-state index contributed by atoms with van der Waals surface area (Å²) >= 11 is 0.